The van der Waals surface area contributed by atoms with Crippen molar-refractivity contribution in [3.63, 3.8) is 0 Å². The Kier molecular flexibility index (Phi) is 6.71. The van der Waals surface area contributed by atoms with Crippen molar-refractivity contribution in [2.45, 2.75) is 19.9 Å². The van der Waals surface area contributed by atoms with Crippen LogP contribution in [0.15, 0.2) is 66.7 Å². The number of hydrogen-bond acceptors (Lipinski definition) is 4. The van der Waals surface area contributed by atoms with E-state index in [2.05, 4.69) is 5.32 Å². The lowest BCUT2D eigenvalue weighted by molar-refractivity contribution is -0.137. The van der Waals surface area contributed by atoms with Gasteiger partial charge in [0.1, 0.15) is 12.6 Å². The summed E-state index contributed by atoms with van der Waals surface area (Å²) < 4.78 is 0. The topological polar surface area (TPSA) is 86.8 Å². The average molecular weight is 490 g/mol. The molecule has 0 bridgehead atoms. The number of hydrogen-bond donors (Lipinski definition) is 1. The minimum atomic E-state index is -1.02. The number of anilines is 1. The second kappa shape index (κ2) is 9.72. The van der Waals surface area contributed by atoms with Crippen LogP contribution in [0.2, 0.25) is 5.02 Å². The van der Waals surface area contributed by atoms with Gasteiger partial charge in [-0.1, -0.05) is 54.1 Å². The number of para-hydroxylation sites is 1. The van der Waals surface area contributed by atoms with Crippen LogP contribution in [0, 0.1) is 13.8 Å². The monoisotopic (exact) mass is 489 g/mol. The van der Waals surface area contributed by atoms with Gasteiger partial charge < -0.3 is 10.2 Å². The molecule has 0 aromatic heterocycles. The minimum Gasteiger partial charge on any atom is -0.328 e. The van der Waals surface area contributed by atoms with Crippen molar-refractivity contribution in [3.8, 4) is 0 Å². The van der Waals surface area contributed by atoms with Gasteiger partial charge in [0.05, 0.1) is 11.1 Å². The van der Waals surface area contributed by atoms with E-state index in [-0.39, 0.29) is 11.1 Å². The van der Waals surface area contributed by atoms with E-state index in [4.69, 9.17) is 11.6 Å². The summed E-state index contributed by atoms with van der Waals surface area (Å²) in [5.74, 6) is -2.05. The first-order chi connectivity index (χ1) is 16.7. The van der Waals surface area contributed by atoms with E-state index in [9.17, 15) is 19.2 Å². The molecule has 1 aliphatic heterocycles. The summed E-state index contributed by atoms with van der Waals surface area (Å²) in [6.07, 6.45) is 0. The number of likely N-dealkylation sites (N-methyl/N-ethyl adjacent to an activating group) is 1. The van der Waals surface area contributed by atoms with Crippen LogP contribution in [0.3, 0.4) is 0 Å². The molecule has 7 nitrogen and oxygen atoms in total. The molecule has 0 saturated heterocycles. The Labute approximate surface area is 208 Å². The van der Waals surface area contributed by atoms with Crippen molar-refractivity contribution in [2.24, 2.45) is 0 Å². The predicted molar refractivity (Wildman–Crippen MR) is 133 cm³/mol. The normalized spacial score (nSPS) is 13.4. The largest absolute Gasteiger partial charge is 0.328 e. The molecule has 4 rings (SSSR count). The first-order valence-electron chi connectivity index (χ1n) is 11.0. The number of rotatable bonds is 6. The minimum absolute atomic E-state index is 0.259. The smallest absolute Gasteiger partial charge is 0.262 e. The molecule has 1 aliphatic rings. The summed E-state index contributed by atoms with van der Waals surface area (Å²) in [6.45, 7) is 3.29. The second-order valence-electron chi connectivity index (χ2n) is 8.46. The Morgan fingerprint density at radius 1 is 0.886 bits per heavy atom. The van der Waals surface area contributed by atoms with Crippen molar-refractivity contribution in [3.05, 3.63) is 99.6 Å². The van der Waals surface area contributed by atoms with Crippen LogP contribution in [-0.2, 0) is 9.59 Å². The van der Waals surface area contributed by atoms with Crippen molar-refractivity contribution in [1.82, 2.24) is 9.80 Å². The molecule has 1 heterocycles. The van der Waals surface area contributed by atoms with E-state index in [0.717, 1.165) is 16.0 Å². The number of fused-ring (bicyclic) bond motifs is 1. The van der Waals surface area contributed by atoms with Crippen LogP contribution < -0.4 is 5.32 Å². The Hall–Kier alpha value is -3.97. The van der Waals surface area contributed by atoms with Gasteiger partial charge in [-0.15, -0.1) is 0 Å². The lowest BCUT2D eigenvalue weighted by Crippen LogP contribution is -2.45. The fraction of sp³-hybridized carbons (Fsp3) is 0.185. The van der Waals surface area contributed by atoms with Gasteiger partial charge in [-0.3, -0.25) is 24.1 Å². The highest BCUT2D eigenvalue weighted by Crippen LogP contribution is 2.27. The SMILES string of the molecule is Cc1cccc(C)c1NC(=O)C(c1ccc(Cl)cc1)N(C)C(=O)CN1C(=O)c2ccccc2C1=O. The van der Waals surface area contributed by atoms with E-state index in [1.54, 1.807) is 48.5 Å². The Morgan fingerprint density at radius 2 is 1.43 bits per heavy atom. The lowest BCUT2D eigenvalue weighted by Gasteiger charge is -2.29. The number of halogens is 1. The molecule has 4 amide bonds. The molecule has 0 fully saturated rings. The molecule has 1 unspecified atom stereocenters. The third kappa shape index (κ3) is 4.68. The summed E-state index contributed by atoms with van der Waals surface area (Å²) >= 11 is 6.04. The lowest BCUT2D eigenvalue weighted by atomic mass is 10.0. The highest BCUT2D eigenvalue weighted by molar-refractivity contribution is 6.30. The van der Waals surface area contributed by atoms with Crippen molar-refractivity contribution < 1.29 is 19.2 Å². The molecule has 3 aromatic carbocycles. The first-order valence-corrected chi connectivity index (χ1v) is 11.4. The van der Waals surface area contributed by atoms with Gasteiger partial charge >= 0.3 is 0 Å². The van der Waals surface area contributed by atoms with Gasteiger partial charge in [-0.2, -0.15) is 0 Å². The van der Waals surface area contributed by atoms with Gasteiger partial charge in [-0.25, -0.2) is 0 Å². The number of carbonyl (C=O) groups excluding carboxylic acids is 4. The van der Waals surface area contributed by atoms with Gasteiger partial charge in [0.25, 0.3) is 17.7 Å². The van der Waals surface area contributed by atoms with Gasteiger partial charge in [-0.05, 0) is 54.8 Å². The van der Waals surface area contributed by atoms with E-state index < -0.39 is 36.2 Å². The third-order valence-electron chi connectivity index (χ3n) is 6.12. The van der Waals surface area contributed by atoms with Crippen molar-refractivity contribution in [2.75, 3.05) is 18.9 Å². The van der Waals surface area contributed by atoms with Crippen molar-refractivity contribution in [1.29, 1.82) is 0 Å². The van der Waals surface area contributed by atoms with E-state index in [0.29, 0.717) is 16.3 Å². The molecule has 178 valence electrons. The quantitative estimate of drug-likeness (QED) is 0.520. The molecule has 0 radical (unpaired) electrons. The number of benzene rings is 3. The van der Waals surface area contributed by atoms with Crippen LogP contribution in [0.4, 0.5) is 5.69 Å². The predicted octanol–water partition coefficient (Wildman–Crippen LogP) is 4.39. The van der Waals surface area contributed by atoms with Crippen molar-refractivity contribution >= 4 is 40.9 Å². The maximum Gasteiger partial charge on any atom is 0.262 e. The van der Waals surface area contributed by atoms with E-state index in [1.807, 2.05) is 32.0 Å². The zero-order valence-corrected chi connectivity index (χ0v) is 20.3. The number of carbonyl (C=O) groups is 4. The number of imide groups is 1. The average Bonchev–Trinajstić information content (AvgIpc) is 3.08. The number of amides is 4. The molecule has 0 aliphatic carbocycles. The molecule has 35 heavy (non-hydrogen) atoms. The second-order valence-corrected chi connectivity index (χ2v) is 8.89. The molecule has 1 N–H and O–H groups in total. The first kappa shape index (κ1) is 24.2. The molecule has 1 atom stereocenters. The van der Waals surface area contributed by atoms with Crippen LogP contribution in [0.5, 0.6) is 0 Å². The Balaban J connectivity index is 1.61. The van der Waals surface area contributed by atoms with Crippen LogP contribution in [-0.4, -0.2) is 47.0 Å². The Morgan fingerprint density at radius 3 is 1.97 bits per heavy atom. The molecular formula is C27H24ClN3O4. The highest BCUT2D eigenvalue weighted by Gasteiger charge is 2.38. The highest BCUT2D eigenvalue weighted by atomic mass is 35.5. The zero-order valence-electron chi connectivity index (χ0n) is 19.5. The third-order valence-corrected chi connectivity index (χ3v) is 6.37. The summed E-state index contributed by atoms with van der Waals surface area (Å²) in [5.41, 5.74) is 3.49. The standard InChI is InChI=1S/C27H24ClN3O4/c1-16-7-6-8-17(2)23(16)29-25(33)24(18-11-13-19(28)14-12-18)30(3)22(32)15-31-26(34)20-9-4-5-10-21(20)27(31)35/h4-14,24H,15H2,1-3H3,(H,29,33). The number of nitrogens with zero attached hydrogens (tertiary/aromatic N) is 2. The van der Waals surface area contributed by atoms with E-state index in [1.165, 1.54) is 11.9 Å². The van der Waals surface area contributed by atoms with Gasteiger partial charge in [0, 0.05) is 17.8 Å². The molecule has 3 aromatic rings. The fourth-order valence-corrected chi connectivity index (χ4v) is 4.30. The molecular weight excluding hydrogens is 466 g/mol. The number of nitrogens with one attached hydrogen (secondary N) is 1. The Bertz CT molecular complexity index is 1280. The van der Waals surface area contributed by atoms with Crippen LogP contribution in [0.25, 0.3) is 0 Å². The molecule has 8 heteroatoms. The maximum absolute atomic E-state index is 13.5. The molecule has 0 saturated carbocycles. The summed E-state index contributed by atoms with van der Waals surface area (Å²) in [5, 5.41) is 3.43. The number of aryl methyl sites for hydroxylation is 2. The van der Waals surface area contributed by atoms with Crippen LogP contribution in [0.1, 0.15) is 43.4 Å². The van der Waals surface area contributed by atoms with Crippen LogP contribution >= 0.6 is 11.6 Å². The van der Waals surface area contributed by atoms with Gasteiger partial charge in [0.15, 0.2) is 0 Å². The summed E-state index contributed by atoms with van der Waals surface area (Å²) in [6, 6.07) is 17.7. The summed E-state index contributed by atoms with van der Waals surface area (Å²) in [7, 11) is 1.48. The summed E-state index contributed by atoms with van der Waals surface area (Å²) in [4.78, 5) is 54.4. The van der Waals surface area contributed by atoms with E-state index >= 15 is 0 Å². The zero-order chi connectivity index (χ0) is 25.3. The van der Waals surface area contributed by atoms with Gasteiger partial charge in [0.2, 0.25) is 5.91 Å². The maximum atomic E-state index is 13.5. The molecule has 0 spiro atoms. The fourth-order valence-electron chi connectivity index (χ4n) is 4.17.